The fourth-order valence-electron chi connectivity index (χ4n) is 3.89. The van der Waals surface area contributed by atoms with Crippen LogP contribution in [0.25, 0.3) is 0 Å². The zero-order valence-electron chi connectivity index (χ0n) is 13.9. The Morgan fingerprint density at radius 3 is 2.50 bits per heavy atom. The highest BCUT2D eigenvalue weighted by atomic mass is 35.5. The van der Waals surface area contributed by atoms with E-state index in [0.717, 1.165) is 37.7 Å². The largest absolute Gasteiger partial charge is 0.489 e. The minimum absolute atomic E-state index is 0.231. The van der Waals surface area contributed by atoms with Crippen molar-refractivity contribution in [3.63, 3.8) is 0 Å². The lowest BCUT2D eigenvalue weighted by Crippen LogP contribution is -2.41. The first-order valence-corrected chi connectivity index (χ1v) is 9.49. The van der Waals surface area contributed by atoms with E-state index in [1.807, 2.05) is 12.1 Å². The van der Waals surface area contributed by atoms with Gasteiger partial charge in [-0.25, -0.2) is 0 Å². The van der Waals surface area contributed by atoms with E-state index in [9.17, 15) is 4.79 Å². The van der Waals surface area contributed by atoms with E-state index >= 15 is 0 Å². The Hall–Kier alpha value is -1.42. The highest BCUT2D eigenvalue weighted by molar-refractivity contribution is 6.32. The maximum atomic E-state index is 12.9. The van der Waals surface area contributed by atoms with Gasteiger partial charge in [-0.1, -0.05) is 24.4 Å². The van der Waals surface area contributed by atoms with Crippen LogP contribution in [-0.2, 0) is 11.2 Å². The highest BCUT2D eigenvalue weighted by Crippen LogP contribution is 2.39. The number of ether oxygens (including phenoxy) is 2. The number of amides is 1. The highest BCUT2D eigenvalue weighted by Gasteiger charge is 2.38. The van der Waals surface area contributed by atoms with Crippen LogP contribution in [0.3, 0.4) is 0 Å². The van der Waals surface area contributed by atoms with Gasteiger partial charge < -0.3 is 14.4 Å². The summed E-state index contributed by atoms with van der Waals surface area (Å²) < 4.78 is 11.4. The lowest BCUT2D eigenvalue weighted by Gasteiger charge is -2.29. The molecule has 0 saturated heterocycles. The molecule has 130 valence electrons. The number of carbonyl (C=O) groups excluding carboxylic acids is 1. The molecule has 1 aromatic rings. The Bertz CT molecular complexity index is 623. The molecule has 0 unspecified atom stereocenters. The fraction of sp³-hybridized carbons (Fsp3) is 0.632. The number of hydrogen-bond acceptors (Lipinski definition) is 3. The van der Waals surface area contributed by atoms with Crippen molar-refractivity contribution in [1.82, 2.24) is 4.90 Å². The molecule has 3 aliphatic rings. The first-order valence-electron chi connectivity index (χ1n) is 9.11. The summed E-state index contributed by atoms with van der Waals surface area (Å²) in [5.41, 5.74) is 0.915. The summed E-state index contributed by atoms with van der Waals surface area (Å²) in [7, 11) is 0. The van der Waals surface area contributed by atoms with Crippen LogP contribution in [0.4, 0.5) is 0 Å². The van der Waals surface area contributed by atoms with Gasteiger partial charge in [-0.05, 0) is 43.4 Å². The zero-order valence-corrected chi connectivity index (χ0v) is 14.7. The molecule has 1 aliphatic heterocycles. The van der Waals surface area contributed by atoms with Crippen LogP contribution >= 0.6 is 11.6 Å². The van der Waals surface area contributed by atoms with Gasteiger partial charge in [-0.2, -0.15) is 0 Å². The summed E-state index contributed by atoms with van der Waals surface area (Å²) in [6.07, 6.45) is 8.36. The van der Waals surface area contributed by atoms with E-state index < -0.39 is 0 Å². The average molecular weight is 350 g/mol. The van der Waals surface area contributed by atoms with Crippen molar-refractivity contribution >= 4 is 17.5 Å². The molecule has 0 spiro atoms. The van der Waals surface area contributed by atoms with Gasteiger partial charge in [-0.15, -0.1) is 0 Å². The molecule has 0 N–H and O–H groups in total. The molecule has 2 aliphatic carbocycles. The monoisotopic (exact) mass is 349 g/mol. The standard InChI is InChI=1S/C19H24ClNO3/c20-16-10-13(11-17-19(16)24-9-3-8-23-17)12-18(22)21(15-6-7-15)14-4-1-2-5-14/h10-11,14-15H,1-9,12H2. The molecule has 24 heavy (non-hydrogen) atoms. The van der Waals surface area contributed by atoms with E-state index in [0.29, 0.717) is 48.2 Å². The van der Waals surface area contributed by atoms with Crippen molar-refractivity contribution in [1.29, 1.82) is 0 Å². The summed E-state index contributed by atoms with van der Waals surface area (Å²) in [6, 6.07) is 4.69. The molecule has 4 rings (SSSR count). The average Bonchev–Trinajstić information content (AvgIpc) is 3.28. The zero-order chi connectivity index (χ0) is 16.5. The molecule has 4 nitrogen and oxygen atoms in total. The van der Waals surface area contributed by atoms with Gasteiger partial charge in [-0.3, -0.25) is 4.79 Å². The Morgan fingerprint density at radius 2 is 1.75 bits per heavy atom. The van der Waals surface area contributed by atoms with Crippen molar-refractivity contribution in [2.24, 2.45) is 0 Å². The van der Waals surface area contributed by atoms with Gasteiger partial charge >= 0.3 is 0 Å². The van der Waals surface area contributed by atoms with Gasteiger partial charge in [0.1, 0.15) is 0 Å². The first-order chi connectivity index (χ1) is 11.7. The Morgan fingerprint density at radius 1 is 1.04 bits per heavy atom. The summed E-state index contributed by atoms with van der Waals surface area (Å²) in [5.74, 6) is 1.51. The van der Waals surface area contributed by atoms with Crippen LogP contribution in [0, 0.1) is 0 Å². The molecule has 0 aromatic heterocycles. The number of carbonyl (C=O) groups is 1. The second-order valence-electron chi connectivity index (χ2n) is 7.10. The maximum Gasteiger partial charge on any atom is 0.227 e. The van der Waals surface area contributed by atoms with Gasteiger partial charge in [0.15, 0.2) is 11.5 Å². The molecule has 5 heteroatoms. The van der Waals surface area contributed by atoms with E-state index in [4.69, 9.17) is 21.1 Å². The Kier molecular flexibility index (Phi) is 4.57. The Labute approximate surface area is 148 Å². The third-order valence-electron chi connectivity index (χ3n) is 5.16. The van der Waals surface area contributed by atoms with Gasteiger partial charge in [0.25, 0.3) is 0 Å². The molecule has 1 heterocycles. The van der Waals surface area contributed by atoms with Crippen LogP contribution in [0.15, 0.2) is 12.1 Å². The topological polar surface area (TPSA) is 38.8 Å². The molecule has 2 fully saturated rings. The van der Waals surface area contributed by atoms with E-state index in [2.05, 4.69) is 4.90 Å². The second-order valence-corrected chi connectivity index (χ2v) is 7.51. The Balaban J connectivity index is 1.52. The van der Waals surface area contributed by atoms with Crippen molar-refractivity contribution in [3.05, 3.63) is 22.7 Å². The minimum Gasteiger partial charge on any atom is -0.489 e. The summed E-state index contributed by atoms with van der Waals surface area (Å²) in [4.78, 5) is 15.1. The number of nitrogens with zero attached hydrogens (tertiary/aromatic N) is 1. The van der Waals surface area contributed by atoms with E-state index in [1.54, 1.807) is 0 Å². The quantitative estimate of drug-likeness (QED) is 0.825. The van der Waals surface area contributed by atoms with E-state index in [-0.39, 0.29) is 5.91 Å². The van der Waals surface area contributed by atoms with Crippen LogP contribution < -0.4 is 9.47 Å². The number of benzene rings is 1. The lowest BCUT2D eigenvalue weighted by atomic mass is 10.1. The van der Waals surface area contributed by atoms with Crippen molar-refractivity contribution in [3.8, 4) is 11.5 Å². The third-order valence-corrected chi connectivity index (χ3v) is 5.44. The molecule has 2 saturated carbocycles. The van der Waals surface area contributed by atoms with Gasteiger partial charge in [0.2, 0.25) is 5.91 Å². The van der Waals surface area contributed by atoms with Crippen molar-refractivity contribution in [2.45, 2.75) is 63.5 Å². The maximum absolute atomic E-state index is 12.9. The number of hydrogen-bond donors (Lipinski definition) is 0. The normalized spacial score (nSPS) is 20.7. The molecular weight excluding hydrogens is 326 g/mol. The molecule has 0 bridgehead atoms. The summed E-state index contributed by atoms with van der Waals surface area (Å²) in [6.45, 7) is 1.24. The third kappa shape index (κ3) is 3.34. The molecular formula is C19H24ClNO3. The molecule has 1 amide bonds. The summed E-state index contributed by atoms with van der Waals surface area (Å²) in [5, 5.41) is 0.538. The van der Waals surface area contributed by atoms with Gasteiger partial charge in [0, 0.05) is 18.5 Å². The second kappa shape index (κ2) is 6.83. The van der Waals surface area contributed by atoms with Crippen LogP contribution in [-0.4, -0.2) is 36.1 Å². The molecule has 0 atom stereocenters. The summed E-state index contributed by atoms with van der Waals surface area (Å²) >= 11 is 6.35. The van der Waals surface area contributed by atoms with E-state index in [1.165, 1.54) is 12.8 Å². The predicted octanol–water partition coefficient (Wildman–Crippen LogP) is 3.98. The predicted molar refractivity (Wildman–Crippen MR) is 92.9 cm³/mol. The number of halogens is 1. The van der Waals surface area contributed by atoms with Crippen molar-refractivity contribution < 1.29 is 14.3 Å². The van der Waals surface area contributed by atoms with Crippen molar-refractivity contribution in [2.75, 3.05) is 13.2 Å². The number of fused-ring (bicyclic) bond motifs is 1. The molecule has 1 aromatic carbocycles. The van der Waals surface area contributed by atoms with Crippen LogP contribution in [0.1, 0.15) is 50.5 Å². The van der Waals surface area contributed by atoms with Gasteiger partial charge in [0.05, 0.1) is 24.7 Å². The first kappa shape index (κ1) is 16.1. The molecule has 0 radical (unpaired) electrons. The van der Waals surface area contributed by atoms with Crippen LogP contribution in [0.5, 0.6) is 11.5 Å². The smallest absolute Gasteiger partial charge is 0.227 e. The minimum atomic E-state index is 0.231. The van der Waals surface area contributed by atoms with Crippen LogP contribution in [0.2, 0.25) is 5.02 Å². The SMILES string of the molecule is O=C(Cc1cc(Cl)c2c(c1)OCCCO2)N(C1CCCC1)C1CC1. The fourth-order valence-corrected chi connectivity index (χ4v) is 4.18. The lowest BCUT2D eigenvalue weighted by molar-refractivity contribution is -0.133. The number of rotatable bonds is 4.